The SMILES string of the molecule is CC(CC(=O)c1ccc2c(c1)OCCS2)N1C=C(c2ccccc2)CC1. The van der Waals surface area contributed by atoms with Crippen molar-refractivity contribution in [2.45, 2.75) is 30.7 Å². The molecule has 134 valence electrons. The molecule has 0 radical (unpaired) electrons. The van der Waals surface area contributed by atoms with Crippen LogP contribution in [0.5, 0.6) is 5.75 Å². The molecule has 2 aliphatic rings. The number of nitrogens with zero attached hydrogens (tertiary/aromatic N) is 1. The molecule has 0 N–H and O–H groups in total. The molecule has 0 aromatic heterocycles. The number of carbonyl (C=O) groups is 1. The third-order valence-electron chi connectivity index (χ3n) is 5.02. The van der Waals surface area contributed by atoms with Gasteiger partial charge in [-0.15, -0.1) is 11.8 Å². The Kier molecular flexibility index (Phi) is 5.02. The second-order valence-electron chi connectivity index (χ2n) is 6.84. The van der Waals surface area contributed by atoms with Gasteiger partial charge in [0.25, 0.3) is 0 Å². The largest absolute Gasteiger partial charge is 0.492 e. The molecule has 2 heterocycles. The molecular formula is C22H23NO2S. The van der Waals surface area contributed by atoms with Gasteiger partial charge >= 0.3 is 0 Å². The Morgan fingerprint density at radius 3 is 2.92 bits per heavy atom. The summed E-state index contributed by atoms with van der Waals surface area (Å²) in [5.41, 5.74) is 3.38. The molecule has 0 fully saturated rings. The van der Waals surface area contributed by atoms with Crippen molar-refractivity contribution in [3.63, 3.8) is 0 Å². The Labute approximate surface area is 159 Å². The van der Waals surface area contributed by atoms with E-state index in [0.29, 0.717) is 13.0 Å². The average Bonchev–Trinajstić information content (AvgIpc) is 3.18. The van der Waals surface area contributed by atoms with Gasteiger partial charge in [-0.3, -0.25) is 4.79 Å². The van der Waals surface area contributed by atoms with Crippen LogP contribution in [0.4, 0.5) is 0 Å². The summed E-state index contributed by atoms with van der Waals surface area (Å²) in [6.45, 7) is 3.82. The number of carbonyl (C=O) groups excluding carboxylic acids is 1. The Balaban J connectivity index is 1.42. The molecule has 0 aliphatic carbocycles. The Morgan fingerprint density at radius 1 is 1.23 bits per heavy atom. The maximum absolute atomic E-state index is 12.7. The summed E-state index contributed by atoms with van der Waals surface area (Å²) in [7, 11) is 0. The van der Waals surface area contributed by atoms with Crippen molar-refractivity contribution in [1.82, 2.24) is 4.90 Å². The number of rotatable bonds is 5. The first kappa shape index (κ1) is 17.2. The molecule has 0 saturated carbocycles. The smallest absolute Gasteiger partial charge is 0.165 e. The van der Waals surface area contributed by atoms with Crippen LogP contribution in [0.3, 0.4) is 0 Å². The minimum Gasteiger partial charge on any atom is -0.492 e. The minimum absolute atomic E-state index is 0.182. The maximum atomic E-state index is 12.7. The van der Waals surface area contributed by atoms with Gasteiger partial charge in [0.15, 0.2) is 5.78 Å². The Bertz CT molecular complexity index is 831. The van der Waals surface area contributed by atoms with E-state index in [-0.39, 0.29) is 11.8 Å². The maximum Gasteiger partial charge on any atom is 0.165 e. The van der Waals surface area contributed by atoms with E-state index in [4.69, 9.17) is 4.74 Å². The van der Waals surface area contributed by atoms with Gasteiger partial charge in [0.2, 0.25) is 0 Å². The van der Waals surface area contributed by atoms with Crippen LogP contribution in [-0.4, -0.2) is 35.6 Å². The predicted molar refractivity (Wildman–Crippen MR) is 107 cm³/mol. The van der Waals surface area contributed by atoms with Crippen molar-refractivity contribution in [1.29, 1.82) is 0 Å². The van der Waals surface area contributed by atoms with Crippen molar-refractivity contribution in [3.05, 3.63) is 65.9 Å². The molecule has 1 unspecified atom stereocenters. The summed E-state index contributed by atoms with van der Waals surface area (Å²) in [5, 5.41) is 0. The number of ether oxygens (including phenoxy) is 1. The molecular weight excluding hydrogens is 342 g/mol. The summed E-state index contributed by atoms with van der Waals surface area (Å²) in [6, 6.07) is 16.5. The first-order chi connectivity index (χ1) is 12.7. The molecule has 1 atom stereocenters. The summed E-state index contributed by atoms with van der Waals surface area (Å²) < 4.78 is 5.69. The monoisotopic (exact) mass is 365 g/mol. The highest BCUT2D eigenvalue weighted by atomic mass is 32.2. The van der Waals surface area contributed by atoms with E-state index < -0.39 is 0 Å². The van der Waals surface area contributed by atoms with Crippen LogP contribution in [0, 0.1) is 0 Å². The lowest BCUT2D eigenvalue weighted by atomic mass is 10.0. The van der Waals surface area contributed by atoms with E-state index in [1.807, 2.05) is 24.3 Å². The zero-order valence-electron chi connectivity index (χ0n) is 15.0. The van der Waals surface area contributed by atoms with Gasteiger partial charge in [-0.2, -0.15) is 0 Å². The summed E-state index contributed by atoms with van der Waals surface area (Å²) in [4.78, 5) is 16.2. The van der Waals surface area contributed by atoms with Gasteiger partial charge in [0, 0.05) is 41.4 Å². The lowest BCUT2D eigenvalue weighted by Crippen LogP contribution is -2.28. The van der Waals surface area contributed by atoms with Crippen molar-refractivity contribution in [2.24, 2.45) is 0 Å². The first-order valence-electron chi connectivity index (χ1n) is 9.15. The number of fused-ring (bicyclic) bond motifs is 1. The summed E-state index contributed by atoms with van der Waals surface area (Å²) in [5.74, 6) is 2.01. The zero-order valence-corrected chi connectivity index (χ0v) is 15.8. The number of thioether (sulfide) groups is 1. The number of Topliss-reactive ketones (excluding diaryl/α,β-unsaturated/α-hetero) is 1. The lowest BCUT2D eigenvalue weighted by Gasteiger charge is -2.24. The molecule has 2 aliphatic heterocycles. The van der Waals surface area contributed by atoms with E-state index in [2.05, 4.69) is 42.3 Å². The van der Waals surface area contributed by atoms with Crippen LogP contribution in [0.2, 0.25) is 0 Å². The highest BCUT2D eigenvalue weighted by Crippen LogP contribution is 2.34. The van der Waals surface area contributed by atoms with E-state index >= 15 is 0 Å². The second kappa shape index (κ2) is 7.58. The van der Waals surface area contributed by atoms with Gasteiger partial charge in [-0.25, -0.2) is 0 Å². The second-order valence-corrected chi connectivity index (χ2v) is 7.98. The average molecular weight is 365 g/mol. The molecule has 26 heavy (non-hydrogen) atoms. The van der Waals surface area contributed by atoms with E-state index in [1.54, 1.807) is 11.8 Å². The third-order valence-corrected chi connectivity index (χ3v) is 6.04. The van der Waals surface area contributed by atoms with Crippen LogP contribution in [0.25, 0.3) is 5.57 Å². The minimum atomic E-state index is 0.182. The van der Waals surface area contributed by atoms with Crippen LogP contribution in [0.15, 0.2) is 59.6 Å². The van der Waals surface area contributed by atoms with Crippen molar-refractivity contribution in [3.8, 4) is 5.75 Å². The molecule has 2 aromatic rings. The Hall–Kier alpha value is -2.20. The molecule has 2 aromatic carbocycles. The molecule has 0 amide bonds. The molecule has 0 saturated heterocycles. The molecule has 4 rings (SSSR count). The van der Waals surface area contributed by atoms with E-state index in [9.17, 15) is 4.79 Å². The van der Waals surface area contributed by atoms with Crippen LogP contribution >= 0.6 is 11.8 Å². The van der Waals surface area contributed by atoms with Crippen LogP contribution in [0.1, 0.15) is 35.7 Å². The van der Waals surface area contributed by atoms with E-state index in [0.717, 1.165) is 34.9 Å². The third kappa shape index (κ3) is 3.65. The quantitative estimate of drug-likeness (QED) is 0.707. The molecule has 3 nitrogen and oxygen atoms in total. The number of hydrogen-bond acceptors (Lipinski definition) is 4. The van der Waals surface area contributed by atoms with Crippen molar-refractivity contribution in [2.75, 3.05) is 18.9 Å². The first-order valence-corrected chi connectivity index (χ1v) is 10.1. The molecule has 4 heteroatoms. The van der Waals surface area contributed by atoms with Gasteiger partial charge in [-0.1, -0.05) is 36.4 Å². The van der Waals surface area contributed by atoms with Gasteiger partial charge in [0.05, 0.1) is 6.61 Å². The number of ketones is 1. The summed E-state index contributed by atoms with van der Waals surface area (Å²) in [6.07, 6.45) is 3.77. The predicted octanol–water partition coefficient (Wildman–Crippen LogP) is 4.88. The number of benzene rings is 2. The van der Waals surface area contributed by atoms with Crippen molar-refractivity contribution >= 4 is 23.1 Å². The van der Waals surface area contributed by atoms with Crippen LogP contribution in [-0.2, 0) is 0 Å². The van der Waals surface area contributed by atoms with E-state index in [1.165, 1.54) is 11.1 Å². The Morgan fingerprint density at radius 2 is 2.08 bits per heavy atom. The zero-order chi connectivity index (χ0) is 17.9. The topological polar surface area (TPSA) is 29.5 Å². The summed E-state index contributed by atoms with van der Waals surface area (Å²) >= 11 is 1.79. The molecule has 0 spiro atoms. The fourth-order valence-corrected chi connectivity index (χ4v) is 4.33. The highest BCUT2D eigenvalue weighted by Gasteiger charge is 2.22. The van der Waals surface area contributed by atoms with Crippen LogP contribution < -0.4 is 4.74 Å². The standard InChI is InChI=1S/C22H23NO2S/c1-16(23-10-9-19(15-23)17-5-3-2-4-6-17)13-20(24)18-7-8-22-21(14-18)25-11-12-26-22/h2-8,14-16H,9-13H2,1H3. The fourth-order valence-electron chi connectivity index (χ4n) is 3.52. The normalized spacial score (nSPS) is 17.3. The highest BCUT2D eigenvalue weighted by molar-refractivity contribution is 7.99. The van der Waals surface area contributed by atoms with Gasteiger partial charge in [0.1, 0.15) is 5.75 Å². The number of hydrogen-bond donors (Lipinski definition) is 0. The van der Waals surface area contributed by atoms with Crippen molar-refractivity contribution < 1.29 is 9.53 Å². The molecule has 0 bridgehead atoms. The van der Waals surface area contributed by atoms with Gasteiger partial charge in [-0.05, 0) is 36.6 Å². The lowest BCUT2D eigenvalue weighted by molar-refractivity contribution is 0.0951. The fraction of sp³-hybridized carbons (Fsp3) is 0.318. The van der Waals surface area contributed by atoms with Gasteiger partial charge < -0.3 is 9.64 Å².